The predicted molar refractivity (Wildman–Crippen MR) is 82.0 cm³/mol. The van der Waals surface area contributed by atoms with Crippen molar-refractivity contribution in [2.45, 2.75) is 13.0 Å². The number of hydrogen-bond donors (Lipinski definition) is 1. The van der Waals surface area contributed by atoms with Crippen molar-refractivity contribution in [3.8, 4) is 0 Å². The average Bonchev–Trinajstić information content (AvgIpc) is 2.86. The second-order valence-corrected chi connectivity index (χ2v) is 5.77. The molecule has 1 atom stereocenters. The van der Waals surface area contributed by atoms with Gasteiger partial charge in [0.1, 0.15) is 4.88 Å². The fourth-order valence-electron chi connectivity index (χ4n) is 1.47. The van der Waals surface area contributed by atoms with E-state index in [1.54, 1.807) is 23.6 Å². The Morgan fingerprint density at radius 2 is 1.95 bits per heavy atom. The van der Waals surface area contributed by atoms with Crippen molar-refractivity contribution in [1.82, 2.24) is 0 Å². The number of hydrogen-bond acceptors (Lipinski definition) is 4. The molecule has 1 N–H and O–H groups in total. The zero-order valence-electron chi connectivity index (χ0n) is 10.6. The summed E-state index contributed by atoms with van der Waals surface area (Å²) in [5, 5.41) is 4.46. The highest BCUT2D eigenvalue weighted by Gasteiger charge is 2.21. The maximum Gasteiger partial charge on any atom is 0.350 e. The van der Waals surface area contributed by atoms with Crippen molar-refractivity contribution >= 4 is 44.8 Å². The SMILES string of the molecule is CC(OC(=O)c1sccc1Br)C(=O)Nc1ccccc1. The number of anilines is 1. The standard InChI is InChI=1S/C14H12BrNO3S/c1-9(13(17)16-10-5-3-2-4-6-10)19-14(18)12-11(15)7-8-20-12/h2-9H,1H3,(H,16,17). The largest absolute Gasteiger partial charge is 0.448 e. The summed E-state index contributed by atoms with van der Waals surface area (Å²) in [7, 11) is 0. The maximum absolute atomic E-state index is 11.9. The summed E-state index contributed by atoms with van der Waals surface area (Å²) in [6.07, 6.45) is -0.864. The zero-order valence-corrected chi connectivity index (χ0v) is 13.0. The van der Waals surface area contributed by atoms with E-state index in [1.807, 2.05) is 18.2 Å². The molecule has 2 rings (SSSR count). The summed E-state index contributed by atoms with van der Waals surface area (Å²) in [6, 6.07) is 10.8. The van der Waals surface area contributed by atoms with E-state index in [-0.39, 0.29) is 5.91 Å². The Labute approximate surface area is 128 Å². The van der Waals surface area contributed by atoms with Crippen LogP contribution in [-0.4, -0.2) is 18.0 Å². The zero-order chi connectivity index (χ0) is 14.5. The molecule has 0 saturated carbocycles. The van der Waals surface area contributed by atoms with Crippen molar-refractivity contribution < 1.29 is 14.3 Å². The molecule has 0 aliphatic carbocycles. The van der Waals surface area contributed by atoms with E-state index in [0.717, 1.165) is 0 Å². The summed E-state index contributed by atoms with van der Waals surface area (Å²) < 4.78 is 5.81. The van der Waals surface area contributed by atoms with Crippen molar-refractivity contribution in [1.29, 1.82) is 0 Å². The normalized spacial score (nSPS) is 11.7. The van der Waals surface area contributed by atoms with Crippen LogP contribution >= 0.6 is 27.3 Å². The van der Waals surface area contributed by atoms with Crippen LogP contribution in [0.2, 0.25) is 0 Å². The van der Waals surface area contributed by atoms with Gasteiger partial charge in [-0.1, -0.05) is 18.2 Å². The molecule has 1 unspecified atom stereocenters. The van der Waals surface area contributed by atoms with Crippen LogP contribution in [-0.2, 0) is 9.53 Å². The summed E-state index contributed by atoms with van der Waals surface area (Å²) in [5.74, 6) is -0.875. The summed E-state index contributed by atoms with van der Waals surface area (Å²) in [4.78, 5) is 24.2. The molecule has 4 nitrogen and oxygen atoms in total. The Bertz CT molecular complexity index is 612. The van der Waals surface area contributed by atoms with E-state index in [0.29, 0.717) is 15.0 Å². The Kier molecular flexibility index (Phi) is 4.92. The van der Waals surface area contributed by atoms with Crippen LogP contribution in [0, 0.1) is 0 Å². The second-order valence-electron chi connectivity index (χ2n) is 4.00. The third kappa shape index (κ3) is 3.68. The van der Waals surface area contributed by atoms with Gasteiger partial charge in [0.15, 0.2) is 6.10 Å². The highest BCUT2D eigenvalue weighted by Crippen LogP contribution is 2.23. The van der Waals surface area contributed by atoms with Crippen LogP contribution in [0.3, 0.4) is 0 Å². The molecule has 1 aromatic carbocycles. The third-order valence-corrected chi connectivity index (χ3v) is 4.31. The Morgan fingerprint density at radius 1 is 1.25 bits per heavy atom. The first-order valence-electron chi connectivity index (χ1n) is 5.88. The number of ether oxygens (including phenoxy) is 1. The van der Waals surface area contributed by atoms with Crippen LogP contribution in [0.15, 0.2) is 46.3 Å². The summed E-state index contributed by atoms with van der Waals surface area (Å²) in [5.41, 5.74) is 0.665. The molecule has 0 aliphatic rings. The molecule has 0 aliphatic heterocycles. The lowest BCUT2D eigenvalue weighted by molar-refractivity contribution is -0.123. The predicted octanol–water partition coefficient (Wildman–Crippen LogP) is 3.69. The fourth-order valence-corrected chi connectivity index (χ4v) is 2.89. The lowest BCUT2D eigenvalue weighted by atomic mass is 10.3. The number of carbonyl (C=O) groups is 2. The highest BCUT2D eigenvalue weighted by molar-refractivity contribution is 9.10. The van der Waals surface area contributed by atoms with Crippen LogP contribution in [0.1, 0.15) is 16.6 Å². The lowest BCUT2D eigenvalue weighted by Gasteiger charge is -2.13. The van der Waals surface area contributed by atoms with Gasteiger partial charge in [-0.25, -0.2) is 4.79 Å². The number of amides is 1. The van der Waals surface area contributed by atoms with Crippen LogP contribution in [0.4, 0.5) is 5.69 Å². The number of nitrogens with one attached hydrogen (secondary N) is 1. The van der Waals surface area contributed by atoms with Gasteiger partial charge in [0.25, 0.3) is 5.91 Å². The van der Waals surface area contributed by atoms with Crippen molar-refractivity contribution in [2.24, 2.45) is 0 Å². The van der Waals surface area contributed by atoms with Crippen LogP contribution in [0.25, 0.3) is 0 Å². The molecule has 0 bridgehead atoms. The van der Waals surface area contributed by atoms with E-state index >= 15 is 0 Å². The number of carbonyl (C=O) groups excluding carboxylic acids is 2. The summed E-state index contributed by atoms with van der Waals surface area (Å²) >= 11 is 4.52. The molecule has 1 heterocycles. The molecule has 2 aromatic rings. The number of benzene rings is 1. The minimum atomic E-state index is -0.864. The van der Waals surface area contributed by atoms with Gasteiger partial charge in [0, 0.05) is 10.2 Å². The maximum atomic E-state index is 11.9. The summed E-state index contributed by atoms with van der Waals surface area (Å²) in [6.45, 7) is 1.54. The van der Waals surface area contributed by atoms with Gasteiger partial charge in [0.05, 0.1) is 0 Å². The third-order valence-electron chi connectivity index (χ3n) is 2.50. The molecule has 1 aromatic heterocycles. The number of halogens is 1. The molecule has 6 heteroatoms. The van der Waals surface area contributed by atoms with Gasteiger partial charge in [-0.3, -0.25) is 4.79 Å². The van der Waals surface area contributed by atoms with Crippen molar-refractivity contribution in [3.05, 3.63) is 51.1 Å². The van der Waals surface area contributed by atoms with E-state index < -0.39 is 12.1 Å². The molecule has 0 spiro atoms. The minimum absolute atomic E-state index is 0.364. The quantitative estimate of drug-likeness (QED) is 0.852. The van der Waals surface area contributed by atoms with Crippen LogP contribution in [0.5, 0.6) is 0 Å². The first kappa shape index (κ1) is 14.7. The van der Waals surface area contributed by atoms with E-state index in [2.05, 4.69) is 21.2 Å². The lowest BCUT2D eigenvalue weighted by Crippen LogP contribution is -2.29. The highest BCUT2D eigenvalue weighted by atomic mass is 79.9. The van der Waals surface area contributed by atoms with Crippen LogP contribution < -0.4 is 5.32 Å². The first-order chi connectivity index (χ1) is 9.58. The number of thiophene rings is 1. The number of rotatable bonds is 4. The van der Waals surface area contributed by atoms with Gasteiger partial charge >= 0.3 is 5.97 Å². The van der Waals surface area contributed by atoms with E-state index in [4.69, 9.17) is 4.74 Å². The van der Waals surface area contributed by atoms with Gasteiger partial charge in [-0.05, 0) is 46.4 Å². The Morgan fingerprint density at radius 3 is 2.55 bits per heavy atom. The van der Waals surface area contributed by atoms with Gasteiger partial charge in [-0.15, -0.1) is 11.3 Å². The number of para-hydroxylation sites is 1. The molecule has 0 saturated heterocycles. The Balaban J connectivity index is 1.95. The topological polar surface area (TPSA) is 55.4 Å². The van der Waals surface area contributed by atoms with Crippen molar-refractivity contribution in [3.63, 3.8) is 0 Å². The van der Waals surface area contributed by atoms with E-state index in [1.165, 1.54) is 18.3 Å². The van der Waals surface area contributed by atoms with E-state index in [9.17, 15) is 9.59 Å². The molecule has 0 fully saturated rings. The molecular formula is C14H12BrNO3S. The van der Waals surface area contributed by atoms with Crippen molar-refractivity contribution in [2.75, 3.05) is 5.32 Å². The smallest absolute Gasteiger partial charge is 0.350 e. The molecule has 104 valence electrons. The first-order valence-corrected chi connectivity index (χ1v) is 7.55. The molecule has 0 radical (unpaired) electrons. The monoisotopic (exact) mass is 353 g/mol. The van der Waals surface area contributed by atoms with Gasteiger partial charge in [0.2, 0.25) is 0 Å². The Hall–Kier alpha value is -1.66. The fraction of sp³-hybridized carbons (Fsp3) is 0.143. The molecule has 20 heavy (non-hydrogen) atoms. The van der Waals surface area contributed by atoms with Gasteiger partial charge in [-0.2, -0.15) is 0 Å². The average molecular weight is 354 g/mol. The second kappa shape index (κ2) is 6.67. The molecule has 1 amide bonds. The minimum Gasteiger partial charge on any atom is -0.448 e. The molecular weight excluding hydrogens is 342 g/mol. The number of esters is 1. The van der Waals surface area contributed by atoms with Gasteiger partial charge < -0.3 is 10.1 Å².